The van der Waals surface area contributed by atoms with Gasteiger partial charge in [-0.1, -0.05) is 6.07 Å². The SMILES string of the molecule is O=C1N(C2CCC2)C(c2cccs2)NC12CC2. The van der Waals surface area contributed by atoms with E-state index in [0.29, 0.717) is 11.9 Å². The van der Waals surface area contributed by atoms with Gasteiger partial charge in [-0.3, -0.25) is 10.1 Å². The van der Waals surface area contributed by atoms with Crippen molar-refractivity contribution in [3.05, 3.63) is 22.4 Å². The van der Waals surface area contributed by atoms with E-state index in [1.807, 2.05) is 0 Å². The zero-order valence-corrected chi connectivity index (χ0v) is 10.5. The summed E-state index contributed by atoms with van der Waals surface area (Å²) in [5, 5.41) is 5.68. The van der Waals surface area contributed by atoms with Gasteiger partial charge in [0.2, 0.25) is 5.91 Å². The summed E-state index contributed by atoms with van der Waals surface area (Å²) in [5.41, 5.74) is -0.176. The Morgan fingerprint density at radius 1 is 1.41 bits per heavy atom. The maximum atomic E-state index is 12.5. The van der Waals surface area contributed by atoms with Gasteiger partial charge in [0.25, 0.3) is 0 Å². The van der Waals surface area contributed by atoms with Crippen molar-refractivity contribution in [2.75, 3.05) is 0 Å². The molecule has 1 N–H and O–H groups in total. The van der Waals surface area contributed by atoms with Gasteiger partial charge in [-0.05, 0) is 43.6 Å². The number of nitrogens with one attached hydrogen (secondary N) is 1. The third-order valence-corrected chi connectivity index (χ3v) is 5.29. The molecule has 3 aliphatic rings. The van der Waals surface area contributed by atoms with Crippen LogP contribution in [0.15, 0.2) is 17.5 Å². The van der Waals surface area contributed by atoms with E-state index in [0.717, 1.165) is 12.8 Å². The lowest BCUT2D eigenvalue weighted by atomic mass is 9.91. The predicted molar refractivity (Wildman–Crippen MR) is 66.6 cm³/mol. The van der Waals surface area contributed by atoms with Gasteiger partial charge >= 0.3 is 0 Å². The number of rotatable bonds is 2. The molecule has 1 saturated heterocycles. The van der Waals surface area contributed by atoms with E-state index in [-0.39, 0.29) is 11.7 Å². The molecule has 0 radical (unpaired) electrons. The lowest BCUT2D eigenvalue weighted by molar-refractivity contribution is -0.134. The fraction of sp³-hybridized carbons (Fsp3) is 0.615. The lowest BCUT2D eigenvalue weighted by Crippen LogP contribution is -2.44. The van der Waals surface area contributed by atoms with Gasteiger partial charge in [0.05, 0.1) is 0 Å². The third-order valence-electron chi connectivity index (χ3n) is 4.37. The van der Waals surface area contributed by atoms with Gasteiger partial charge in [0, 0.05) is 10.9 Å². The zero-order valence-electron chi connectivity index (χ0n) is 9.69. The summed E-state index contributed by atoms with van der Waals surface area (Å²) in [6, 6.07) is 4.70. The maximum Gasteiger partial charge on any atom is 0.244 e. The highest BCUT2D eigenvalue weighted by Gasteiger charge is 2.61. The molecule has 17 heavy (non-hydrogen) atoms. The van der Waals surface area contributed by atoms with E-state index in [2.05, 4.69) is 27.7 Å². The van der Waals surface area contributed by atoms with Crippen molar-refractivity contribution in [3.8, 4) is 0 Å². The molecule has 1 aromatic rings. The second kappa shape index (κ2) is 3.33. The Morgan fingerprint density at radius 3 is 2.76 bits per heavy atom. The first kappa shape index (κ1) is 10.1. The van der Waals surface area contributed by atoms with Gasteiger partial charge in [0.15, 0.2) is 0 Å². The summed E-state index contributed by atoms with van der Waals surface area (Å²) in [6.07, 6.45) is 5.85. The number of nitrogens with zero attached hydrogens (tertiary/aromatic N) is 1. The summed E-state index contributed by atoms with van der Waals surface area (Å²) in [6.45, 7) is 0. The summed E-state index contributed by atoms with van der Waals surface area (Å²) in [4.78, 5) is 15.9. The van der Waals surface area contributed by atoms with Crippen molar-refractivity contribution in [2.45, 2.75) is 49.9 Å². The maximum absolute atomic E-state index is 12.5. The molecule has 0 bridgehead atoms. The highest BCUT2D eigenvalue weighted by molar-refractivity contribution is 7.10. The van der Waals surface area contributed by atoms with Crippen molar-refractivity contribution in [3.63, 3.8) is 0 Å². The fourth-order valence-electron chi connectivity index (χ4n) is 2.94. The topological polar surface area (TPSA) is 32.3 Å². The standard InChI is InChI=1S/C13H16N2OS/c16-12-13(6-7-13)14-11(10-5-2-8-17-10)15(12)9-3-1-4-9/h2,5,8-9,11,14H,1,3-4,6-7H2. The van der Waals surface area contributed by atoms with Gasteiger partial charge in [-0.15, -0.1) is 11.3 Å². The number of carbonyl (C=O) groups is 1. The van der Waals surface area contributed by atoms with E-state index in [1.165, 1.54) is 24.1 Å². The number of thiophene rings is 1. The van der Waals surface area contributed by atoms with Gasteiger partial charge in [-0.2, -0.15) is 0 Å². The van der Waals surface area contributed by atoms with Crippen molar-refractivity contribution >= 4 is 17.2 Å². The Labute approximate surface area is 105 Å². The Bertz CT molecular complexity index is 448. The van der Waals surface area contributed by atoms with Crippen LogP contribution in [0.2, 0.25) is 0 Å². The molecule has 1 aliphatic heterocycles. The van der Waals surface area contributed by atoms with Crippen LogP contribution in [0.5, 0.6) is 0 Å². The highest BCUT2D eigenvalue weighted by atomic mass is 32.1. The van der Waals surface area contributed by atoms with Crippen LogP contribution in [-0.4, -0.2) is 22.4 Å². The largest absolute Gasteiger partial charge is 0.317 e. The molecule has 1 spiro atoms. The van der Waals surface area contributed by atoms with Crippen molar-refractivity contribution in [2.24, 2.45) is 0 Å². The molecule has 4 rings (SSSR count). The minimum atomic E-state index is -0.176. The van der Waals surface area contributed by atoms with Crippen LogP contribution in [-0.2, 0) is 4.79 Å². The second-order valence-corrected chi connectivity index (χ2v) is 6.42. The summed E-state index contributed by atoms with van der Waals surface area (Å²) >= 11 is 1.75. The molecular weight excluding hydrogens is 232 g/mol. The molecule has 3 fully saturated rings. The molecule has 1 aromatic heterocycles. The van der Waals surface area contributed by atoms with Crippen LogP contribution < -0.4 is 5.32 Å². The number of hydrogen-bond acceptors (Lipinski definition) is 3. The van der Waals surface area contributed by atoms with E-state index in [1.54, 1.807) is 11.3 Å². The minimum Gasteiger partial charge on any atom is -0.317 e. The Kier molecular flexibility index (Phi) is 1.97. The summed E-state index contributed by atoms with van der Waals surface area (Å²) in [5.74, 6) is 0.362. The smallest absolute Gasteiger partial charge is 0.244 e. The zero-order chi connectivity index (χ0) is 11.5. The Balaban J connectivity index is 1.69. The van der Waals surface area contributed by atoms with Crippen molar-refractivity contribution < 1.29 is 4.79 Å². The molecular formula is C13H16N2OS. The lowest BCUT2D eigenvalue weighted by Gasteiger charge is -2.37. The highest BCUT2D eigenvalue weighted by Crippen LogP contribution is 2.49. The van der Waals surface area contributed by atoms with Gasteiger partial charge < -0.3 is 4.90 Å². The number of hydrogen-bond donors (Lipinski definition) is 1. The molecule has 2 heterocycles. The van der Waals surface area contributed by atoms with Crippen molar-refractivity contribution in [1.29, 1.82) is 0 Å². The van der Waals surface area contributed by atoms with Crippen LogP contribution >= 0.6 is 11.3 Å². The molecule has 90 valence electrons. The molecule has 4 heteroatoms. The second-order valence-electron chi connectivity index (χ2n) is 5.44. The third kappa shape index (κ3) is 1.34. The van der Waals surface area contributed by atoms with Crippen LogP contribution in [0.4, 0.5) is 0 Å². The minimum absolute atomic E-state index is 0.148. The average molecular weight is 248 g/mol. The molecule has 3 nitrogen and oxygen atoms in total. The molecule has 1 amide bonds. The quantitative estimate of drug-likeness (QED) is 0.870. The van der Waals surface area contributed by atoms with E-state index < -0.39 is 0 Å². The molecule has 0 aromatic carbocycles. The normalized spacial score (nSPS) is 30.9. The predicted octanol–water partition coefficient (Wildman–Crippen LogP) is 2.26. The monoisotopic (exact) mass is 248 g/mol. The number of amides is 1. The number of carbonyl (C=O) groups excluding carboxylic acids is 1. The summed E-state index contributed by atoms with van der Waals surface area (Å²) < 4.78 is 0. The van der Waals surface area contributed by atoms with Crippen molar-refractivity contribution in [1.82, 2.24) is 10.2 Å². The Morgan fingerprint density at radius 2 is 2.24 bits per heavy atom. The van der Waals surface area contributed by atoms with Crippen LogP contribution in [0.1, 0.15) is 43.1 Å². The van der Waals surface area contributed by atoms with Crippen LogP contribution in [0.25, 0.3) is 0 Å². The molecule has 1 atom stereocenters. The van der Waals surface area contributed by atoms with E-state index >= 15 is 0 Å². The molecule has 1 unspecified atom stereocenters. The van der Waals surface area contributed by atoms with Gasteiger partial charge in [-0.25, -0.2) is 0 Å². The molecule has 2 saturated carbocycles. The molecule has 2 aliphatic carbocycles. The van der Waals surface area contributed by atoms with Crippen LogP contribution in [0, 0.1) is 0 Å². The van der Waals surface area contributed by atoms with Crippen LogP contribution in [0.3, 0.4) is 0 Å². The van der Waals surface area contributed by atoms with Gasteiger partial charge in [0.1, 0.15) is 11.7 Å². The van der Waals surface area contributed by atoms with E-state index in [4.69, 9.17) is 0 Å². The first-order valence-electron chi connectivity index (χ1n) is 6.44. The Hall–Kier alpha value is -0.870. The fourth-order valence-corrected chi connectivity index (χ4v) is 3.71. The van der Waals surface area contributed by atoms with E-state index in [9.17, 15) is 4.79 Å². The average Bonchev–Trinajstić information content (AvgIpc) is 2.73. The first-order valence-corrected chi connectivity index (χ1v) is 7.32. The summed E-state index contributed by atoms with van der Waals surface area (Å²) in [7, 11) is 0. The first-order chi connectivity index (χ1) is 8.30.